The zero-order chi connectivity index (χ0) is 20.9. The molecule has 3 rings (SSSR count). The Morgan fingerprint density at radius 2 is 1.48 bits per heavy atom. The molecule has 2 aromatic carbocycles. The van der Waals surface area contributed by atoms with Gasteiger partial charge in [0, 0.05) is 49.4 Å². The molecule has 0 atom stereocenters. The van der Waals surface area contributed by atoms with Crippen LogP contribution in [0.3, 0.4) is 0 Å². The van der Waals surface area contributed by atoms with Crippen LogP contribution in [0.1, 0.15) is 5.56 Å². The molecule has 0 unspecified atom stereocenters. The van der Waals surface area contributed by atoms with Crippen LogP contribution in [0.5, 0.6) is 0 Å². The predicted molar refractivity (Wildman–Crippen MR) is 105 cm³/mol. The number of hydrogen-bond donors (Lipinski definition) is 1. The normalized spacial score (nSPS) is 14.0. The molecule has 0 amide bonds. The molecule has 0 saturated carbocycles. The molecule has 8 heteroatoms. The van der Waals surface area contributed by atoms with Crippen molar-refractivity contribution in [1.82, 2.24) is 0 Å². The number of piperazine rings is 1. The number of alkyl halides is 3. The maximum absolute atomic E-state index is 12.9. The molecule has 1 heterocycles. The van der Waals surface area contributed by atoms with E-state index in [-0.39, 0.29) is 5.57 Å². The summed E-state index contributed by atoms with van der Waals surface area (Å²) in [6.07, 6.45) is -2.99. The first-order valence-corrected chi connectivity index (χ1v) is 8.95. The van der Waals surface area contributed by atoms with Gasteiger partial charge in [-0.2, -0.15) is 23.7 Å². The Morgan fingerprint density at radius 1 is 0.897 bits per heavy atom. The van der Waals surface area contributed by atoms with E-state index in [0.717, 1.165) is 17.4 Å². The van der Waals surface area contributed by atoms with Crippen LogP contribution in [0, 0.1) is 22.7 Å². The van der Waals surface area contributed by atoms with Gasteiger partial charge in [0.15, 0.2) is 0 Å². The van der Waals surface area contributed by atoms with Crippen molar-refractivity contribution in [3.05, 3.63) is 65.9 Å². The summed E-state index contributed by atoms with van der Waals surface area (Å²) in [7, 11) is 0. The number of anilines is 3. The van der Waals surface area contributed by atoms with Crippen LogP contribution >= 0.6 is 0 Å². The lowest BCUT2D eigenvalue weighted by atomic mass is 10.1. The minimum Gasteiger partial charge on any atom is -0.368 e. The van der Waals surface area contributed by atoms with E-state index in [1.54, 1.807) is 18.2 Å². The second-order valence-electron chi connectivity index (χ2n) is 6.50. The molecule has 0 radical (unpaired) electrons. The van der Waals surface area contributed by atoms with E-state index in [2.05, 4.69) is 10.2 Å². The summed E-state index contributed by atoms with van der Waals surface area (Å²) in [5.41, 5.74) is 1.69. The number of allylic oxidation sites excluding steroid dienone is 1. The summed E-state index contributed by atoms with van der Waals surface area (Å²) in [4.78, 5) is 4.12. The number of hydrogen-bond acceptors (Lipinski definition) is 5. The summed E-state index contributed by atoms with van der Waals surface area (Å²) in [6.45, 7) is 2.63. The largest absolute Gasteiger partial charge is 0.416 e. The molecule has 0 aromatic heterocycles. The third-order valence-electron chi connectivity index (χ3n) is 4.67. The Bertz CT molecular complexity index is 944. The number of nitrogens with zero attached hydrogens (tertiary/aromatic N) is 4. The van der Waals surface area contributed by atoms with E-state index in [1.165, 1.54) is 18.3 Å². The van der Waals surface area contributed by atoms with Crippen LogP contribution in [0.4, 0.5) is 30.2 Å². The third kappa shape index (κ3) is 4.99. The highest BCUT2D eigenvalue weighted by Crippen LogP contribution is 2.32. The van der Waals surface area contributed by atoms with E-state index in [1.807, 2.05) is 29.2 Å². The van der Waals surface area contributed by atoms with Gasteiger partial charge in [-0.3, -0.25) is 0 Å². The molecule has 29 heavy (non-hydrogen) atoms. The summed E-state index contributed by atoms with van der Waals surface area (Å²) < 4.78 is 38.8. The van der Waals surface area contributed by atoms with Crippen LogP contribution in [0.2, 0.25) is 0 Å². The molecule has 1 fully saturated rings. The molecule has 1 saturated heterocycles. The summed E-state index contributed by atoms with van der Waals surface area (Å²) in [5.74, 6) is 0. The number of rotatable bonds is 4. The molecule has 5 nitrogen and oxygen atoms in total. The van der Waals surface area contributed by atoms with Crippen molar-refractivity contribution in [2.75, 3.05) is 41.3 Å². The molecule has 2 aromatic rings. The Hall–Kier alpha value is -3.65. The van der Waals surface area contributed by atoms with Crippen molar-refractivity contribution in [3.8, 4) is 12.1 Å². The zero-order valence-electron chi connectivity index (χ0n) is 15.4. The van der Waals surface area contributed by atoms with E-state index < -0.39 is 11.7 Å². The average Bonchev–Trinajstić information content (AvgIpc) is 2.74. The highest BCUT2D eigenvalue weighted by molar-refractivity contribution is 5.58. The van der Waals surface area contributed by atoms with Gasteiger partial charge >= 0.3 is 6.18 Å². The van der Waals surface area contributed by atoms with Crippen LogP contribution in [-0.4, -0.2) is 26.2 Å². The second kappa shape index (κ2) is 8.57. The van der Waals surface area contributed by atoms with E-state index >= 15 is 0 Å². The minimum absolute atomic E-state index is 0.0141. The Labute approximate surface area is 166 Å². The Morgan fingerprint density at radius 3 is 2.03 bits per heavy atom. The summed E-state index contributed by atoms with van der Waals surface area (Å²) in [6, 6.07) is 16.5. The van der Waals surface area contributed by atoms with Crippen molar-refractivity contribution in [2.24, 2.45) is 0 Å². The molecule has 0 bridgehead atoms. The summed E-state index contributed by atoms with van der Waals surface area (Å²) >= 11 is 0. The lowest BCUT2D eigenvalue weighted by Gasteiger charge is -2.37. The Kier molecular flexibility index (Phi) is 5.94. The standard InChI is InChI=1S/C21H18F3N5/c22-21(23,24)17-2-1-3-20(12-17)29-10-8-28(9-11-29)19-6-4-18(5-7-19)27-15-16(13-25)14-26/h1-7,12,15,27H,8-11H2. The predicted octanol–water partition coefficient (Wildman–Crippen LogP) is 4.37. The number of halogens is 3. The highest BCUT2D eigenvalue weighted by atomic mass is 19.4. The van der Waals surface area contributed by atoms with Gasteiger partial charge in [-0.05, 0) is 42.5 Å². The maximum atomic E-state index is 12.9. The molecular formula is C21H18F3N5. The fourth-order valence-corrected chi connectivity index (χ4v) is 3.12. The first-order chi connectivity index (χ1) is 13.9. The topological polar surface area (TPSA) is 66.1 Å². The first-order valence-electron chi connectivity index (χ1n) is 8.95. The van der Waals surface area contributed by atoms with Gasteiger partial charge in [0.05, 0.1) is 5.56 Å². The van der Waals surface area contributed by atoms with Crippen LogP contribution in [0.25, 0.3) is 0 Å². The quantitative estimate of drug-likeness (QED) is 0.776. The summed E-state index contributed by atoms with van der Waals surface area (Å²) in [5, 5.41) is 20.4. The van der Waals surface area contributed by atoms with Crippen molar-refractivity contribution in [2.45, 2.75) is 6.18 Å². The second-order valence-corrected chi connectivity index (χ2v) is 6.50. The Balaban J connectivity index is 1.61. The van der Waals surface area contributed by atoms with Gasteiger partial charge in [-0.15, -0.1) is 0 Å². The van der Waals surface area contributed by atoms with Crippen LogP contribution in [-0.2, 0) is 6.18 Å². The molecule has 1 N–H and O–H groups in total. The maximum Gasteiger partial charge on any atom is 0.416 e. The number of nitrogens with one attached hydrogen (secondary N) is 1. The average molecular weight is 397 g/mol. The van der Waals surface area contributed by atoms with E-state index in [0.29, 0.717) is 31.9 Å². The minimum atomic E-state index is -4.34. The van der Waals surface area contributed by atoms with Crippen molar-refractivity contribution >= 4 is 17.1 Å². The number of nitriles is 2. The molecule has 1 aliphatic rings. The molecule has 0 aliphatic carbocycles. The van der Waals surface area contributed by atoms with Crippen molar-refractivity contribution in [1.29, 1.82) is 10.5 Å². The monoisotopic (exact) mass is 397 g/mol. The van der Waals surface area contributed by atoms with Gasteiger partial charge in [0.25, 0.3) is 0 Å². The van der Waals surface area contributed by atoms with E-state index in [4.69, 9.17) is 10.5 Å². The van der Waals surface area contributed by atoms with Crippen molar-refractivity contribution < 1.29 is 13.2 Å². The van der Waals surface area contributed by atoms with Gasteiger partial charge in [-0.1, -0.05) is 6.07 Å². The van der Waals surface area contributed by atoms with Crippen molar-refractivity contribution in [3.63, 3.8) is 0 Å². The van der Waals surface area contributed by atoms with Gasteiger partial charge < -0.3 is 15.1 Å². The highest BCUT2D eigenvalue weighted by Gasteiger charge is 2.31. The van der Waals surface area contributed by atoms with Crippen LogP contribution < -0.4 is 15.1 Å². The fraction of sp³-hybridized carbons (Fsp3) is 0.238. The zero-order valence-corrected chi connectivity index (χ0v) is 15.4. The molecule has 148 valence electrons. The molecular weight excluding hydrogens is 379 g/mol. The number of benzene rings is 2. The SMILES string of the molecule is N#CC(C#N)=CNc1ccc(N2CCN(c3cccc(C(F)(F)F)c3)CC2)cc1. The fourth-order valence-electron chi connectivity index (χ4n) is 3.12. The van der Waals surface area contributed by atoms with E-state index in [9.17, 15) is 13.2 Å². The van der Waals surface area contributed by atoms with Gasteiger partial charge in [0.2, 0.25) is 0 Å². The molecule has 0 spiro atoms. The van der Waals surface area contributed by atoms with Gasteiger partial charge in [0.1, 0.15) is 17.7 Å². The third-order valence-corrected chi connectivity index (χ3v) is 4.67. The molecule has 1 aliphatic heterocycles. The smallest absolute Gasteiger partial charge is 0.368 e. The lowest BCUT2D eigenvalue weighted by Crippen LogP contribution is -2.46. The lowest BCUT2D eigenvalue weighted by molar-refractivity contribution is -0.137. The first kappa shape index (κ1) is 20.1. The van der Waals surface area contributed by atoms with Gasteiger partial charge in [-0.25, -0.2) is 0 Å². The van der Waals surface area contributed by atoms with Crippen LogP contribution in [0.15, 0.2) is 60.3 Å².